The van der Waals surface area contributed by atoms with Crippen LogP contribution in [-0.4, -0.2) is 36.9 Å². The lowest BCUT2D eigenvalue weighted by atomic mass is 9.81. The van der Waals surface area contributed by atoms with E-state index in [-0.39, 0.29) is 29.5 Å². The van der Waals surface area contributed by atoms with Crippen molar-refractivity contribution in [1.29, 1.82) is 5.26 Å². The zero-order chi connectivity index (χ0) is 16.8. The fraction of sp³-hybridized carbons (Fsp3) is 0.467. The summed E-state index contributed by atoms with van der Waals surface area (Å²) < 4.78 is 27.5. The van der Waals surface area contributed by atoms with Crippen LogP contribution in [0.4, 0.5) is 0 Å². The topological polar surface area (TPSA) is 98.5 Å². The van der Waals surface area contributed by atoms with Gasteiger partial charge in [0.25, 0.3) is 0 Å². The smallest absolute Gasteiger partial charge is 0.311 e. The Balaban J connectivity index is 2.02. The molecule has 8 heteroatoms. The van der Waals surface area contributed by atoms with Crippen molar-refractivity contribution in [2.45, 2.75) is 24.2 Å². The highest BCUT2D eigenvalue weighted by Gasteiger charge is 2.57. The Kier molecular flexibility index (Phi) is 3.99. The van der Waals surface area contributed by atoms with Gasteiger partial charge < -0.3 is 5.11 Å². The lowest BCUT2D eigenvalue weighted by Crippen LogP contribution is -2.37. The Morgan fingerprint density at radius 2 is 2.22 bits per heavy atom. The van der Waals surface area contributed by atoms with Crippen molar-refractivity contribution in [3.63, 3.8) is 0 Å². The second-order valence-electron chi connectivity index (χ2n) is 6.07. The number of sulfonamides is 1. The van der Waals surface area contributed by atoms with Gasteiger partial charge in [-0.3, -0.25) is 4.79 Å². The first-order valence-corrected chi connectivity index (χ1v) is 9.48. The van der Waals surface area contributed by atoms with Crippen LogP contribution in [0.15, 0.2) is 27.6 Å². The number of carboxylic acids is 1. The molecule has 1 aromatic rings. The summed E-state index contributed by atoms with van der Waals surface area (Å²) in [6.07, 6.45) is 2.04. The van der Waals surface area contributed by atoms with Crippen LogP contribution in [0, 0.1) is 22.7 Å². The van der Waals surface area contributed by atoms with Gasteiger partial charge in [0.15, 0.2) is 0 Å². The van der Waals surface area contributed by atoms with Gasteiger partial charge >= 0.3 is 5.97 Å². The number of hydrogen-bond donors (Lipinski definition) is 1. The highest BCUT2D eigenvalue weighted by Crippen LogP contribution is 2.50. The van der Waals surface area contributed by atoms with Crippen molar-refractivity contribution < 1.29 is 18.3 Å². The van der Waals surface area contributed by atoms with Gasteiger partial charge in [-0.2, -0.15) is 9.57 Å². The van der Waals surface area contributed by atoms with Crippen LogP contribution in [0.1, 0.15) is 24.8 Å². The predicted molar refractivity (Wildman–Crippen MR) is 85.0 cm³/mol. The molecule has 2 aliphatic rings. The van der Waals surface area contributed by atoms with Crippen LogP contribution >= 0.6 is 15.9 Å². The number of carboxylic acid groups (broad SMARTS) is 1. The zero-order valence-corrected chi connectivity index (χ0v) is 14.6. The summed E-state index contributed by atoms with van der Waals surface area (Å²) in [6.45, 7) is 0.179. The molecule has 1 heterocycles. The molecule has 0 aromatic heterocycles. The van der Waals surface area contributed by atoms with E-state index in [1.165, 1.54) is 10.4 Å². The highest BCUT2D eigenvalue weighted by molar-refractivity contribution is 9.10. The predicted octanol–water partition coefficient (Wildman–Crippen LogP) is 2.20. The number of fused-ring (bicyclic) bond motifs is 1. The highest BCUT2D eigenvalue weighted by atomic mass is 79.9. The maximum atomic E-state index is 12.9. The lowest BCUT2D eigenvalue weighted by molar-refractivity contribution is -0.149. The Morgan fingerprint density at radius 3 is 2.83 bits per heavy atom. The van der Waals surface area contributed by atoms with Gasteiger partial charge in [0, 0.05) is 17.6 Å². The Bertz CT molecular complexity index is 817. The first-order chi connectivity index (χ1) is 10.8. The third kappa shape index (κ3) is 2.38. The van der Waals surface area contributed by atoms with E-state index in [4.69, 9.17) is 0 Å². The average Bonchev–Trinajstić information content (AvgIpc) is 3.05. The fourth-order valence-corrected chi connectivity index (χ4v) is 6.05. The molecule has 3 rings (SSSR count). The normalized spacial score (nSPS) is 27.6. The minimum absolute atomic E-state index is 0.0211. The van der Waals surface area contributed by atoms with E-state index >= 15 is 0 Å². The first kappa shape index (κ1) is 16.4. The molecule has 0 radical (unpaired) electrons. The van der Waals surface area contributed by atoms with Gasteiger partial charge in [0.05, 0.1) is 11.0 Å². The molecule has 0 unspecified atom stereocenters. The van der Waals surface area contributed by atoms with E-state index in [1.54, 1.807) is 12.1 Å². The molecule has 23 heavy (non-hydrogen) atoms. The maximum Gasteiger partial charge on any atom is 0.311 e. The van der Waals surface area contributed by atoms with E-state index in [1.807, 2.05) is 6.07 Å². The molecule has 122 valence electrons. The van der Waals surface area contributed by atoms with E-state index in [9.17, 15) is 23.6 Å². The number of carbonyl (C=O) groups is 1. The van der Waals surface area contributed by atoms with Crippen LogP contribution in [0.25, 0.3) is 0 Å². The average molecular weight is 399 g/mol. The standard InChI is InChI=1S/C15H15BrN2O4S/c16-12-4-1-5-13(11(12)7-17)23(21,22)18-8-10-3-2-6-15(10,9-18)14(19)20/h1,4-5,10H,2-3,6,8-9H2,(H,19,20)/t10-,15+/m0/s1. The van der Waals surface area contributed by atoms with Crippen molar-refractivity contribution in [3.05, 3.63) is 28.2 Å². The molecule has 0 bridgehead atoms. The van der Waals surface area contributed by atoms with Gasteiger partial charge in [-0.25, -0.2) is 8.42 Å². The van der Waals surface area contributed by atoms with Gasteiger partial charge in [-0.05, 0) is 46.8 Å². The van der Waals surface area contributed by atoms with Crippen LogP contribution < -0.4 is 0 Å². The summed E-state index contributed by atoms with van der Waals surface area (Å²) in [6, 6.07) is 6.46. The second-order valence-corrected chi connectivity index (χ2v) is 8.83. The van der Waals surface area contributed by atoms with E-state index in [0.29, 0.717) is 10.9 Å². The number of aliphatic carboxylic acids is 1. The summed E-state index contributed by atoms with van der Waals surface area (Å²) in [5.74, 6) is -1.08. The number of benzene rings is 1. The summed E-state index contributed by atoms with van der Waals surface area (Å²) in [5.41, 5.74) is -0.930. The number of rotatable bonds is 3. The maximum absolute atomic E-state index is 12.9. The monoisotopic (exact) mass is 398 g/mol. The lowest BCUT2D eigenvalue weighted by Gasteiger charge is -2.23. The molecule has 0 amide bonds. The molecule has 1 aromatic carbocycles. The number of nitriles is 1. The molecule has 2 fully saturated rings. The largest absolute Gasteiger partial charge is 0.481 e. The second kappa shape index (κ2) is 5.58. The van der Waals surface area contributed by atoms with Crippen molar-refractivity contribution in [2.75, 3.05) is 13.1 Å². The number of nitrogens with zero attached hydrogens (tertiary/aromatic N) is 2. The molecule has 2 atom stereocenters. The van der Waals surface area contributed by atoms with E-state index < -0.39 is 21.4 Å². The van der Waals surface area contributed by atoms with Crippen LogP contribution in [0.3, 0.4) is 0 Å². The van der Waals surface area contributed by atoms with Crippen LogP contribution in [0.2, 0.25) is 0 Å². The molecule has 1 aliphatic heterocycles. The van der Waals surface area contributed by atoms with E-state index in [2.05, 4.69) is 15.9 Å². The molecule has 1 saturated heterocycles. The van der Waals surface area contributed by atoms with Gasteiger partial charge in [-0.15, -0.1) is 0 Å². The van der Waals surface area contributed by atoms with Gasteiger partial charge in [-0.1, -0.05) is 12.5 Å². The molecule has 0 spiro atoms. The molecule has 1 N–H and O–H groups in total. The van der Waals surface area contributed by atoms with Gasteiger partial charge in [0.2, 0.25) is 10.0 Å². The third-order valence-electron chi connectivity index (χ3n) is 4.97. The molecule has 6 nitrogen and oxygen atoms in total. The fourth-order valence-electron chi connectivity index (χ4n) is 3.74. The third-order valence-corrected chi connectivity index (χ3v) is 7.49. The summed E-state index contributed by atoms with van der Waals surface area (Å²) in [7, 11) is -3.90. The zero-order valence-electron chi connectivity index (χ0n) is 12.2. The molecular weight excluding hydrogens is 384 g/mol. The Morgan fingerprint density at radius 1 is 1.48 bits per heavy atom. The van der Waals surface area contributed by atoms with Crippen LogP contribution in [0.5, 0.6) is 0 Å². The van der Waals surface area contributed by atoms with Crippen LogP contribution in [-0.2, 0) is 14.8 Å². The summed E-state index contributed by atoms with van der Waals surface area (Å²) >= 11 is 3.19. The Labute approximate surface area is 142 Å². The first-order valence-electron chi connectivity index (χ1n) is 7.25. The number of halogens is 1. The molecule has 1 saturated carbocycles. The minimum Gasteiger partial charge on any atom is -0.481 e. The van der Waals surface area contributed by atoms with Crippen molar-refractivity contribution in [2.24, 2.45) is 11.3 Å². The summed E-state index contributed by atoms with van der Waals surface area (Å²) in [5, 5.41) is 18.8. The molecular formula is C15H15BrN2O4S. The van der Waals surface area contributed by atoms with Crippen molar-refractivity contribution >= 4 is 31.9 Å². The molecule has 1 aliphatic carbocycles. The number of hydrogen-bond acceptors (Lipinski definition) is 4. The SMILES string of the molecule is N#Cc1c(Br)cccc1S(=O)(=O)N1C[C@@H]2CCC[C@@]2(C(=O)O)C1. The van der Waals surface area contributed by atoms with E-state index in [0.717, 1.165) is 12.8 Å². The van der Waals surface area contributed by atoms with Crippen molar-refractivity contribution in [3.8, 4) is 6.07 Å². The Hall–Kier alpha value is -1.43. The minimum atomic E-state index is -3.90. The van der Waals surface area contributed by atoms with Gasteiger partial charge in [0.1, 0.15) is 11.0 Å². The summed E-state index contributed by atoms with van der Waals surface area (Å²) in [4.78, 5) is 11.6. The quantitative estimate of drug-likeness (QED) is 0.840. The van der Waals surface area contributed by atoms with Crippen molar-refractivity contribution in [1.82, 2.24) is 4.31 Å².